The Bertz CT molecular complexity index is 998. The third-order valence-electron chi connectivity index (χ3n) is 3.77. The number of benzene rings is 2. The van der Waals surface area contributed by atoms with E-state index in [1.165, 1.54) is 0 Å². The van der Waals surface area contributed by atoms with E-state index in [2.05, 4.69) is 26.7 Å². The Morgan fingerprint density at radius 1 is 0.926 bits per heavy atom. The molecule has 7 heteroatoms. The number of aryl methyl sites for hydroxylation is 1. The lowest BCUT2D eigenvalue weighted by molar-refractivity contribution is 0.395. The van der Waals surface area contributed by atoms with Crippen molar-refractivity contribution in [2.24, 2.45) is 0 Å². The maximum Gasteiger partial charge on any atom is 0.146 e. The summed E-state index contributed by atoms with van der Waals surface area (Å²) in [5, 5.41) is 15.5. The van der Waals surface area contributed by atoms with Gasteiger partial charge < -0.3 is 20.1 Å². The number of anilines is 4. The van der Waals surface area contributed by atoms with Crippen molar-refractivity contribution in [1.82, 2.24) is 9.97 Å². The quantitative estimate of drug-likeness (QED) is 0.681. The van der Waals surface area contributed by atoms with Crippen LogP contribution < -0.4 is 20.1 Å². The van der Waals surface area contributed by atoms with Crippen LogP contribution in [-0.2, 0) is 0 Å². The SMILES string of the molecule is COc1ccc(Nc2cc(Nc3cccc(C#N)c3)nc(C)n2)c(OC)c1. The van der Waals surface area contributed by atoms with Crippen LogP contribution in [0.25, 0.3) is 0 Å². The van der Waals surface area contributed by atoms with Gasteiger partial charge in [-0.15, -0.1) is 0 Å². The fourth-order valence-electron chi connectivity index (χ4n) is 2.55. The number of aromatic nitrogens is 2. The van der Waals surface area contributed by atoms with Crippen LogP contribution in [0, 0.1) is 18.3 Å². The number of methoxy groups -OCH3 is 2. The Hall–Kier alpha value is -3.79. The van der Waals surface area contributed by atoms with E-state index >= 15 is 0 Å². The van der Waals surface area contributed by atoms with Crippen molar-refractivity contribution in [2.75, 3.05) is 24.9 Å². The average molecular weight is 361 g/mol. The second kappa shape index (κ2) is 8.06. The van der Waals surface area contributed by atoms with E-state index in [-0.39, 0.29) is 0 Å². The predicted molar refractivity (Wildman–Crippen MR) is 104 cm³/mol. The predicted octanol–water partition coefficient (Wildman–Crippen LogP) is 4.16. The van der Waals surface area contributed by atoms with Crippen molar-refractivity contribution >= 4 is 23.0 Å². The van der Waals surface area contributed by atoms with Crippen molar-refractivity contribution in [1.29, 1.82) is 5.26 Å². The second-order valence-corrected chi connectivity index (χ2v) is 5.69. The molecule has 0 fully saturated rings. The number of ether oxygens (including phenoxy) is 2. The molecule has 0 spiro atoms. The maximum absolute atomic E-state index is 9.03. The Balaban J connectivity index is 1.86. The second-order valence-electron chi connectivity index (χ2n) is 5.69. The average Bonchev–Trinajstić information content (AvgIpc) is 2.68. The maximum atomic E-state index is 9.03. The lowest BCUT2D eigenvalue weighted by Gasteiger charge is -2.13. The van der Waals surface area contributed by atoms with Crippen molar-refractivity contribution in [2.45, 2.75) is 6.92 Å². The Kier molecular flexibility index (Phi) is 5.38. The van der Waals surface area contributed by atoms with Crippen LogP contribution in [-0.4, -0.2) is 24.2 Å². The fraction of sp³-hybridized carbons (Fsp3) is 0.150. The van der Waals surface area contributed by atoms with E-state index in [1.807, 2.05) is 31.2 Å². The Morgan fingerprint density at radius 2 is 1.70 bits per heavy atom. The van der Waals surface area contributed by atoms with Gasteiger partial charge in [0.1, 0.15) is 29.0 Å². The van der Waals surface area contributed by atoms with Crippen LogP contribution in [0.5, 0.6) is 11.5 Å². The van der Waals surface area contributed by atoms with E-state index in [4.69, 9.17) is 14.7 Å². The highest BCUT2D eigenvalue weighted by Gasteiger charge is 2.08. The molecule has 27 heavy (non-hydrogen) atoms. The molecule has 0 bridgehead atoms. The molecular formula is C20H19N5O2. The van der Waals surface area contributed by atoms with Gasteiger partial charge in [0.25, 0.3) is 0 Å². The molecule has 0 saturated heterocycles. The summed E-state index contributed by atoms with van der Waals surface area (Å²) in [6, 6.07) is 16.6. The summed E-state index contributed by atoms with van der Waals surface area (Å²) in [7, 11) is 3.20. The summed E-state index contributed by atoms with van der Waals surface area (Å²) in [4.78, 5) is 8.82. The van der Waals surface area contributed by atoms with Gasteiger partial charge >= 0.3 is 0 Å². The summed E-state index contributed by atoms with van der Waals surface area (Å²) in [6.07, 6.45) is 0. The molecule has 0 aliphatic carbocycles. The number of hydrogen-bond donors (Lipinski definition) is 2. The molecule has 0 saturated carbocycles. The molecule has 0 radical (unpaired) electrons. The van der Waals surface area contributed by atoms with Gasteiger partial charge in [-0.1, -0.05) is 6.07 Å². The van der Waals surface area contributed by atoms with Crippen LogP contribution in [0.4, 0.5) is 23.0 Å². The van der Waals surface area contributed by atoms with Gasteiger partial charge in [-0.3, -0.25) is 0 Å². The molecule has 2 aromatic carbocycles. The molecule has 0 unspecified atom stereocenters. The monoisotopic (exact) mass is 361 g/mol. The van der Waals surface area contributed by atoms with E-state index in [1.54, 1.807) is 38.5 Å². The number of nitrogens with zero attached hydrogens (tertiary/aromatic N) is 3. The van der Waals surface area contributed by atoms with Gasteiger partial charge in [0, 0.05) is 17.8 Å². The van der Waals surface area contributed by atoms with Crippen LogP contribution in [0.3, 0.4) is 0 Å². The molecule has 1 heterocycles. The minimum absolute atomic E-state index is 0.576. The number of nitriles is 1. The van der Waals surface area contributed by atoms with Gasteiger partial charge in [0.05, 0.1) is 31.5 Å². The molecule has 0 atom stereocenters. The molecule has 2 N–H and O–H groups in total. The third-order valence-corrected chi connectivity index (χ3v) is 3.77. The Morgan fingerprint density at radius 3 is 2.41 bits per heavy atom. The first kappa shape index (κ1) is 18.0. The topological polar surface area (TPSA) is 92.1 Å². The lowest BCUT2D eigenvalue weighted by atomic mass is 10.2. The minimum atomic E-state index is 0.576. The third kappa shape index (κ3) is 4.44. The fourth-order valence-corrected chi connectivity index (χ4v) is 2.55. The molecule has 7 nitrogen and oxygen atoms in total. The molecule has 136 valence electrons. The first-order chi connectivity index (χ1) is 13.1. The van der Waals surface area contributed by atoms with E-state index < -0.39 is 0 Å². The highest BCUT2D eigenvalue weighted by molar-refractivity contribution is 5.68. The van der Waals surface area contributed by atoms with Gasteiger partial charge in [-0.25, -0.2) is 9.97 Å². The molecular weight excluding hydrogens is 342 g/mol. The summed E-state index contributed by atoms with van der Waals surface area (Å²) in [5.41, 5.74) is 2.11. The van der Waals surface area contributed by atoms with Crippen molar-refractivity contribution < 1.29 is 9.47 Å². The van der Waals surface area contributed by atoms with E-state index in [9.17, 15) is 0 Å². The van der Waals surface area contributed by atoms with Gasteiger partial charge in [-0.05, 0) is 37.3 Å². The highest BCUT2D eigenvalue weighted by Crippen LogP contribution is 2.31. The van der Waals surface area contributed by atoms with Crippen LogP contribution in [0.2, 0.25) is 0 Å². The number of hydrogen-bond acceptors (Lipinski definition) is 7. The molecule has 0 amide bonds. The summed E-state index contributed by atoms with van der Waals surface area (Å²) < 4.78 is 10.6. The van der Waals surface area contributed by atoms with Crippen LogP contribution in [0.1, 0.15) is 11.4 Å². The molecule has 3 rings (SSSR count). The highest BCUT2D eigenvalue weighted by atomic mass is 16.5. The van der Waals surface area contributed by atoms with Gasteiger partial charge in [0.2, 0.25) is 0 Å². The lowest BCUT2D eigenvalue weighted by Crippen LogP contribution is -2.02. The van der Waals surface area contributed by atoms with Crippen LogP contribution >= 0.6 is 0 Å². The largest absolute Gasteiger partial charge is 0.497 e. The van der Waals surface area contributed by atoms with E-state index in [0.29, 0.717) is 34.5 Å². The van der Waals surface area contributed by atoms with Gasteiger partial charge in [-0.2, -0.15) is 5.26 Å². The zero-order valence-electron chi connectivity index (χ0n) is 15.3. The van der Waals surface area contributed by atoms with Crippen molar-refractivity contribution in [3.05, 3.63) is 59.9 Å². The molecule has 0 aliphatic rings. The zero-order valence-corrected chi connectivity index (χ0v) is 15.3. The van der Waals surface area contributed by atoms with Crippen LogP contribution in [0.15, 0.2) is 48.5 Å². The minimum Gasteiger partial charge on any atom is -0.497 e. The smallest absolute Gasteiger partial charge is 0.146 e. The standard InChI is InChI=1S/C20H19N5O2/c1-13-22-19(24-15-6-4-5-14(9-15)12-21)11-20(23-13)25-17-8-7-16(26-2)10-18(17)27-3/h4-11H,1-3H3,(H2,22,23,24,25). The summed E-state index contributed by atoms with van der Waals surface area (Å²) in [6.45, 7) is 1.81. The summed E-state index contributed by atoms with van der Waals surface area (Å²) >= 11 is 0. The molecule has 3 aromatic rings. The first-order valence-corrected chi connectivity index (χ1v) is 8.23. The first-order valence-electron chi connectivity index (χ1n) is 8.23. The number of rotatable bonds is 6. The summed E-state index contributed by atoms with van der Waals surface area (Å²) in [5.74, 6) is 3.18. The molecule has 1 aromatic heterocycles. The van der Waals surface area contributed by atoms with Gasteiger partial charge in [0.15, 0.2) is 0 Å². The normalized spacial score (nSPS) is 10.0. The zero-order chi connectivity index (χ0) is 19.2. The van der Waals surface area contributed by atoms with Crippen molar-refractivity contribution in [3.63, 3.8) is 0 Å². The number of nitrogens with one attached hydrogen (secondary N) is 2. The van der Waals surface area contributed by atoms with Crippen molar-refractivity contribution in [3.8, 4) is 17.6 Å². The molecule has 0 aliphatic heterocycles. The Labute approximate surface area is 157 Å². The van der Waals surface area contributed by atoms with E-state index in [0.717, 1.165) is 11.4 Å².